The first-order valence-electron chi connectivity index (χ1n) is 8.06. The van der Waals surface area contributed by atoms with Gasteiger partial charge in [0.1, 0.15) is 16.8 Å². The van der Waals surface area contributed by atoms with Crippen LogP contribution in [0.2, 0.25) is 15.1 Å². The van der Waals surface area contributed by atoms with Gasteiger partial charge in [0, 0.05) is 18.6 Å². The minimum Gasteiger partial charge on any atom is -0.490 e. The van der Waals surface area contributed by atoms with Crippen LogP contribution in [0.5, 0.6) is 11.5 Å². The number of carbonyl (C=O) groups is 1. The summed E-state index contributed by atoms with van der Waals surface area (Å²) in [7, 11) is 0. The van der Waals surface area contributed by atoms with Crippen molar-refractivity contribution in [2.45, 2.75) is 6.42 Å². The molecule has 0 aliphatic rings. The Balaban J connectivity index is 1.80. The van der Waals surface area contributed by atoms with E-state index >= 15 is 0 Å². The van der Waals surface area contributed by atoms with E-state index in [-0.39, 0.29) is 34.4 Å². The number of benzene rings is 2. The molecule has 0 saturated carbocycles. The molecular formula is C19H15Cl5O4. The zero-order valence-corrected chi connectivity index (χ0v) is 18.2. The van der Waals surface area contributed by atoms with E-state index in [4.69, 9.17) is 72.2 Å². The largest absolute Gasteiger partial charge is 0.490 e. The van der Waals surface area contributed by atoms with Gasteiger partial charge in [0.2, 0.25) is 0 Å². The fourth-order valence-corrected chi connectivity index (χ4v) is 2.98. The van der Waals surface area contributed by atoms with Crippen LogP contribution < -0.4 is 9.47 Å². The van der Waals surface area contributed by atoms with Gasteiger partial charge in [-0.05, 0) is 18.2 Å². The standard InChI is InChI=1S/C19H15Cl5O4/c20-14-5-2-1-4-13(14)19(25)28-8-3-7-27-18-15(21)10-12(11-16(18)22)26-9-6-17(23)24/h1-2,4-6,10-11H,3,7-9H2. The van der Waals surface area contributed by atoms with Crippen molar-refractivity contribution in [2.75, 3.05) is 19.8 Å². The van der Waals surface area contributed by atoms with Crippen LogP contribution in [0.1, 0.15) is 16.8 Å². The van der Waals surface area contributed by atoms with Crippen LogP contribution in [0.4, 0.5) is 0 Å². The molecule has 28 heavy (non-hydrogen) atoms. The van der Waals surface area contributed by atoms with Gasteiger partial charge in [-0.2, -0.15) is 0 Å². The molecule has 0 heterocycles. The first-order chi connectivity index (χ1) is 13.4. The van der Waals surface area contributed by atoms with Crippen molar-refractivity contribution in [1.29, 1.82) is 0 Å². The van der Waals surface area contributed by atoms with Gasteiger partial charge >= 0.3 is 5.97 Å². The average Bonchev–Trinajstić information content (AvgIpc) is 2.63. The van der Waals surface area contributed by atoms with Crippen LogP contribution in [-0.2, 0) is 4.74 Å². The van der Waals surface area contributed by atoms with Gasteiger partial charge in [-0.3, -0.25) is 0 Å². The number of carbonyl (C=O) groups excluding carboxylic acids is 1. The van der Waals surface area contributed by atoms with Crippen molar-refractivity contribution in [2.24, 2.45) is 0 Å². The predicted molar refractivity (Wildman–Crippen MR) is 114 cm³/mol. The lowest BCUT2D eigenvalue weighted by atomic mass is 10.2. The Labute approximate surface area is 187 Å². The van der Waals surface area contributed by atoms with E-state index in [2.05, 4.69) is 0 Å². The van der Waals surface area contributed by atoms with E-state index < -0.39 is 5.97 Å². The van der Waals surface area contributed by atoms with Gasteiger partial charge in [0.25, 0.3) is 0 Å². The van der Waals surface area contributed by atoms with Crippen molar-refractivity contribution in [3.8, 4) is 11.5 Å². The molecule has 0 unspecified atom stereocenters. The fourth-order valence-electron chi connectivity index (χ4n) is 2.06. The Morgan fingerprint density at radius 1 is 0.929 bits per heavy atom. The molecule has 0 amide bonds. The summed E-state index contributed by atoms with van der Waals surface area (Å²) in [6.07, 6.45) is 1.93. The van der Waals surface area contributed by atoms with E-state index in [0.29, 0.717) is 28.5 Å². The Morgan fingerprint density at radius 3 is 2.25 bits per heavy atom. The Bertz CT molecular complexity index is 827. The Morgan fingerprint density at radius 2 is 1.61 bits per heavy atom. The molecule has 0 saturated heterocycles. The second-order valence-corrected chi connectivity index (χ2v) is 7.57. The molecule has 0 aliphatic heterocycles. The number of esters is 1. The second-order valence-electron chi connectivity index (χ2n) is 5.34. The average molecular weight is 485 g/mol. The number of rotatable bonds is 9. The van der Waals surface area contributed by atoms with E-state index in [1.54, 1.807) is 36.4 Å². The number of hydrogen-bond acceptors (Lipinski definition) is 4. The number of ether oxygens (including phenoxy) is 3. The SMILES string of the molecule is O=C(OCCCOc1c(Cl)cc(OCC=C(Cl)Cl)cc1Cl)c1ccccc1Cl. The molecule has 0 atom stereocenters. The third-order valence-electron chi connectivity index (χ3n) is 3.32. The third kappa shape index (κ3) is 7.26. The lowest BCUT2D eigenvalue weighted by Crippen LogP contribution is -2.10. The maximum atomic E-state index is 11.9. The maximum Gasteiger partial charge on any atom is 0.339 e. The summed E-state index contributed by atoms with van der Waals surface area (Å²) < 4.78 is 16.3. The van der Waals surface area contributed by atoms with Crippen LogP contribution in [0.15, 0.2) is 47.0 Å². The zero-order valence-electron chi connectivity index (χ0n) is 14.4. The highest BCUT2D eigenvalue weighted by Crippen LogP contribution is 2.37. The first kappa shape index (κ1) is 23.0. The molecule has 0 spiro atoms. The summed E-state index contributed by atoms with van der Waals surface area (Å²) >= 11 is 29.3. The highest BCUT2D eigenvalue weighted by atomic mass is 35.5. The van der Waals surface area contributed by atoms with Crippen LogP contribution in [0, 0.1) is 0 Å². The topological polar surface area (TPSA) is 44.8 Å². The van der Waals surface area contributed by atoms with E-state index in [1.807, 2.05) is 0 Å². The van der Waals surface area contributed by atoms with Crippen molar-refractivity contribution < 1.29 is 19.0 Å². The Hall–Kier alpha value is -1.30. The summed E-state index contributed by atoms with van der Waals surface area (Å²) in [5, 5.41) is 0.918. The first-order valence-corrected chi connectivity index (χ1v) is 9.95. The molecule has 0 N–H and O–H groups in total. The lowest BCUT2D eigenvalue weighted by Gasteiger charge is -2.12. The van der Waals surface area contributed by atoms with Crippen LogP contribution in [-0.4, -0.2) is 25.8 Å². The smallest absolute Gasteiger partial charge is 0.339 e. The van der Waals surface area contributed by atoms with E-state index in [0.717, 1.165) is 0 Å². The molecular weight excluding hydrogens is 469 g/mol. The fraction of sp³-hybridized carbons (Fsp3) is 0.211. The normalized spacial score (nSPS) is 10.3. The van der Waals surface area contributed by atoms with Gasteiger partial charge in [0.15, 0.2) is 5.75 Å². The van der Waals surface area contributed by atoms with Crippen molar-refractivity contribution >= 4 is 64.0 Å². The second kappa shape index (κ2) is 11.6. The van der Waals surface area contributed by atoms with Gasteiger partial charge < -0.3 is 14.2 Å². The highest BCUT2D eigenvalue weighted by molar-refractivity contribution is 6.55. The molecule has 2 aromatic rings. The maximum absolute atomic E-state index is 11.9. The molecule has 2 aromatic carbocycles. The quantitative estimate of drug-likeness (QED) is 0.285. The molecule has 0 aliphatic carbocycles. The minimum absolute atomic E-state index is 0.104. The molecule has 150 valence electrons. The van der Waals surface area contributed by atoms with Gasteiger partial charge in [-0.1, -0.05) is 70.1 Å². The van der Waals surface area contributed by atoms with E-state index in [9.17, 15) is 4.79 Å². The number of hydrogen-bond donors (Lipinski definition) is 0. The van der Waals surface area contributed by atoms with Crippen LogP contribution in [0.3, 0.4) is 0 Å². The summed E-state index contributed by atoms with van der Waals surface area (Å²) in [5.41, 5.74) is 0.317. The summed E-state index contributed by atoms with van der Waals surface area (Å²) in [6.45, 7) is 0.581. The lowest BCUT2D eigenvalue weighted by molar-refractivity contribution is 0.0486. The number of halogens is 5. The summed E-state index contributed by atoms with van der Waals surface area (Å²) in [5.74, 6) is 0.273. The van der Waals surface area contributed by atoms with Crippen molar-refractivity contribution in [3.05, 3.63) is 67.6 Å². The molecule has 0 fully saturated rings. The zero-order chi connectivity index (χ0) is 20.5. The molecule has 4 nitrogen and oxygen atoms in total. The van der Waals surface area contributed by atoms with Gasteiger partial charge in [-0.15, -0.1) is 0 Å². The molecule has 0 aromatic heterocycles. The predicted octanol–water partition coefficient (Wildman–Crippen LogP) is 6.97. The van der Waals surface area contributed by atoms with Crippen LogP contribution in [0.25, 0.3) is 0 Å². The minimum atomic E-state index is -0.491. The molecule has 2 rings (SSSR count). The van der Waals surface area contributed by atoms with Crippen molar-refractivity contribution in [1.82, 2.24) is 0 Å². The third-order valence-corrected chi connectivity index (χ3v) is 4.52. The summed E-state index contributed by atoms with van der Waals surface area (Å²) in [4.78, 5) is 11.9. The molecule has 0 radical (unpaired) electrons. The van der Waals surface area contributed by atoms with E-state index in [1.165, 1.54) is 6.08 Å². The molecule has 9 heteroatoms. The summed E-state index contributed by atoms with van der Waals surface area (Å²) in [6, 6.07) is 9.80. The molecule has 0 bridgehead atoms. The van der Waals surface area contributed by atoms with Gasteiger partial charge in [-0.25, -0.2) is 4.79 Å². The highest BCUT2D eigenvalue weighted by Gasteiger charge is 2.12. The van der Waals surface area contributed by atoms with Crippen LogP contribution >= 0.6 is 58.0 Å². The monoisotopic (exact) mass is 482 g/mol. The Kier molecular flexibility index (Phi) is 9.56. The van der Waals surface area contributed by atoms with Crippen molar-refractivity contribution in [3.63, 3.8) is 0 Å². The van der Waals surface area contributed by atoms with Gasteiger partial charge in [0.05, 0.1) is 33.8 Å².